The molecule has 0 aliphatic carbocycles. The van der Waals surface area contributed by atoms with Gasteiger partial charge in [0.15, 0.2) is 0 Å². The van der Waals surface area contributed by atoms with Gasteiger partial charge in [-0.3, -0.25) is 0 Å². The van der Waals surface area contributed by atoms with Gasteiger partial charge in [0.1, 0.15) is 0 Å². The van der Waals surface area contributed by atoms with E-state index in [1.165, 1.54) is 0 Å². The Morgan fingerprint density at radius 3 is 1.50 bits per heavy atom. The van der Waals surface area contributed by atoms with Gasteiger partial charge in [-0.2, -0.15) is 10.2 Å². The van der Waals surface area contributed by atoms with Crippen molar-refractivity contribution in [2.45, 2.75) is 64.7 Å². The van der Waals surface area contributed by atoms with Crippen LogP contribution in [-0.4, -0.2) is 62.3 Å². The molecule has 0 aliphatic rings. The van der Waals surface area contributed by atoms with Gasteiger partial charge in [-0.05, 0) is 73.8 Å². The third kappa shape index (κ3) is 9.92. The van der Waals surface area contributed by atoms with Crippen LogP contribution in [0.2, 0.25) is 0 Å². The van der Waals surface area contributed by atoms with Gasteiger partial charge in [0.05, 0.1) is 12.1 Å². The van der Waals surface area contributed by atoms with Crippen LogP contribution in [0.15, 0.2) is 10.2 Å². The highest BCUT2D eigenvalue weighted by Crippen LogP contribution is 1.98. The van der Waals surface area contributed by atoms with E-state index in [0.717, 1.165) is 39.0 Å². The van der Waals surface area contributed by atoms with Crippen molar-refractivity contribution in [3.05, 3.63) is 0 Å². The van der Waals surface area contributed by atoms with E-state index in [9.17, 15) is 0 Å². The van der Waals surface area contributed by atoms with E-state index in [0.29, 0.717) is 0 Å². The number of nitrogens with one attached hydrogen (secondary N) is 4. The van der Waals surface area contributed by atoms with E-state index in [1.54, 1.807) is 0 Å². The van der Waals surface area contributed by atoms with Gasteiger partial charge in [0.25, 0.3) is 0 Å². The molecule has 0 spiro atoms. The summed E-state index contributed by atoms with van der Waals surface area (Å²) in [6.07, 6.45) is 2.20. The molecule has 7 heteroatoms. The molecule has 0 aromatic heterocycles. The minimum Gasteiger partial charge on any atom is -0.312 e. The van der Waals surface area contributed by atoms with Crippen LogP contribution in [0.4, 0.5) is 0 Å². The maximum Gasteiger partial charge on any atom is 0.0827 e. The van der Waals surface area contributed by atoms with Gasteiger partial charge >= 0.3 is 0 Å². The molecule has 0 saturated heterocycles. The normalized spacial score (nSPS) is 17.0. The van der Waals surface area contributed by atoms with Crippen LogP contribution in [0.5, 0.6) is 0 Å². The van der Waals surface area contributed by atoms with Gasteiger partial charge in [-0.15, -0.1) is 0 Å². The van der Waals surface area contributed by atoms with E-state index in [4.69, 9.17) is 11.1 Å². The number of hydrogen-bond acceptors (Lipinski definition) is 7. The average Bonchev–Trinajstić information content (AvgIpc) is 2.53. The highest BCUT2D eigenvalue weighted by molar-refractivity contribution is 4.73. The molecule has 7 nitrogen and oxygen atoms in total. The second-order valence-electron chi connectivity index (χ2n) is 6.24. The van der Waals surface area contributed by atoms with Crippen LogP contribution < -0.4 is 10.6 Å². The maximum atomic E-state index is 7.01. The zero-order valence-corrected chi connectivity index (χ0v) is 14.9. The molecular weight excluding hydrogens is 278 g/mol. The molecule has 130 valence electrons. The van der Waals surface area contributed by atoms with Crippen molar-refractivity contribution < 1.29 is 0 Å². The highest BCUT2D eigenvalue weighted by atomic mass is 15.1. The molecule has 0 amide bonds. The fourth-order valence-electron chi connectivity index (χ4n) is 2.03. The Hall–Kier alpha value is -0.920. The minimum absolute atomic E-state index is 0.0450. The predicted octanol–water partition coefficient (Wildman–Crippen LogP) is 2.49. The van der Waals surface area contributed by atoms with Crippen LogP contribution in [0, 0.1) is 11.1 Å². The second-order valence-corrected chi connectivity index (χ2v) is 6.24. The third-order valence-corrected chi connectivity index (χ3v) is 4.22. The first-order valence-electron chi connectivity index (χ1n) is 8.30. The van der Waals surface area contributed by atoms with Crippen LogP contribution in [0.25, 0.3) is 0 Å². The van der Waals surface area contributed by atoms with E-state index < -0.39 is 0 Å². The zero-order chi connectivity index (χ0) is 17.0. The van der Waals surface area contributed by atoms with Crippen molar-refractivity contribution in [3.63, 3.8) is 0 Å². The van der Waals surface area contributed by atoms with Crippen molar-refractivity contribution in [2.24, 2.45) is 10.2 Å². The molecule has 0 heterocycles. The van der Waals surface area contributed by atoms with E-state index in [-0.39, 0.29) is 24.2 Å². The van der Waals surface area contributed by atoms with Crippen molar-refractivity contribution in [3.8, 4) is 0 Å². The van der Waals surface area contributed by atoms with E-state index in [2.05, 4.69) is 46.7 Å². The Labute approximate surface area is 135 Å². The number of nitrogens with zero attached hydrogens (tertiary/aromatic N) is 3. The summed E-state index contributed by atoms with van der Waals surface area (Å²) < 4.78 is 0. The molecule has 22 heavy (non-hydrogen) atoms. The van der Waals surface area contributed by atoms with Crippen molar-refractivity contribution in [2.75, 3.05) is 33.2 Å². The number of hydrogen-bond donors (Lipinski definition) is 4. The fraction of sp³-hybridized carbons (Fsp3) is 1.00. The summed E-state index contributed by atoms with van der Waals surface area (Å²) in [6, 6.07) is 0.614. The van der Waals surface area contributed by atoms with Crippen molar-refractivity contribution in [1.82, 2.24) is 15.5 Å². The molecule has 0 aromatic rings. The van der Waals surface area contributed by atoms with Gasteiger partial charge in [0, 0.05) is 12.1 Å². The molecule has 4 N–H and O–H groups in total. The topological polar surface area (TPSA) is 99.7 Å². The molecule has 0 aliphatic heterocycles. The SMILES string of the molecule is CC(N=N)C(C)NCCCN(C)CCCNC(C)C(C)N=N. The molecular formula is C15H35N7. The Kier molecular flexibility index (Phi) is 12.1. The van der Waals surface area contributed by atoms with Crippen LogP contribution in [0.1, 0.15) is 40.5 Å². The average molecular weight is 313 g/mol. The lowest BCUT2D eigenvalue weighted by molar-refractivity contribution is 0.312. The van der Waals surface area contributed by atoms with Crippen molar-refractivity contribution >= 4 is 0 Å². The standard InChI is InChI=1S/C15H35N7/c1-12(14(3)20-16)18-8-6-10-22(5)11-7-9-19-13(2)15(4)21-17/h12-19H,6-11H2,1-5H3. The lowest BCUT2D eigenvalue weighted by Crippen LogP contribution is -2.37. The Morgan fingerprint density at radius 1 is 0.818 bits per heavy atom. The first kappa shape index (κ1) is 21.1. The lowest BCUT2D eigenvalue weighted by Gasteiger charge is -2.20. The molecule has 0 fully saturated rings. The van der Waals surface area contributed by atoms with Crippen molar-refractivity contribution in [1.29, 1.82) is 11.1 Å². The molecule has 4 unspecified atom stereocenters. The van der Waals surface area contributed by atoms with Crippen LogP contribution in [-0.2, 0) is 0 Å². The monoisotopic (exact) mass is 313 g/mol. The third-order valence-electron chi connectivity index (χ3n) is 4.22. The summed E-state index contributed by atoms with van der Waals surface area (Å²) in [5.74, 6) is 0. The summed E-state index contributed by atoms with van der Waals surface area (Å²) in [6.45, 7) is 12.1. The summed E-state index contributed by atoms with van der Waals surface area (Å²) in [4.78, 5) is 2.34. The molecule has 0 aromatic carbocycles. The quantitative estimate of drug-likeness (QED) is 0.293. The first-order valence-corrected chi connectivity index (χ1v) is 8.30. The molecule has 4 atom stereocenters. The smallest absolute Gasteiger partial charge is 0.0827 e. The summed E-state index contributed by atoms with van der Waals surface area (Å²) in [7, 11) is 2.15. The van der Waals surface area contributed by atoms with Crippen LogP contribution in [0.3, 0.4) is 0 Å². The molecule has 0 saturated carbocycles. The summed E-state index contributed by atoms with van der Waals surface area (Å²) >= 11 is 0. The fourth-order valence-corrected chi connectivity index (χ4v) is 2.03. The van der Waals surface area contributed by atoms with Gasteiger partial charge in [-0.1, -0.05) is 0 Å². The summed E-state index contributed by atoms with van der Waals surface area (Å²) in [5, 5.41) is 13.9. The first-order chi connectivity index (χ1) is 10.4. The second kappa shape index (κ2) is 12.6. The highest BCUT2D eigenvalue weighted by Gasteiger charge is 2.10. The molecule has 0 bridgehead atoms. The Balaban J connectivity index is 3.56. The molecule has 0 rings (SSSR count). The Bertz CT molecular complexity index is 270. The minimum atomic E-state index is 0.0450. The van der Waals surface area contributed by atoms with E-state index >= 15 is 0 Å². The van der Waals surface area contributed by atoms with E-state index in [1.807, 2.05) is 13.8 Å². The molecule has 0 radical (unpaired) electrons. The van der Waals surface area contributed by atoms with Gasteiger partial charge in [-0.25, -0.2) is 11.1 Å². The predicted molar refractivity (Wildman–Crippen MR) is 90.9 cm³/mol. The summed E-state index contributed by atoms with van der Waals surface area (Å²) in [5.41, 5.74) is 14.0. The largest absolute Gasteiger partial charge is 0.312 e. The lowest BCUT2D eigenvalue weighted by atomic mass is 10.2. The Morgan fingerprint density at radius 2 is 1.18 bits per heavy atom. The maximum absolute atomic E-state index is 7.01. The zero-order valence-electron chi connectivity index (χ0n) is 14.9. The van der Waals surface area contributed by atoms with Gasteiger partial charge < -0.3 is 15.5 Å². The van der Waals surface area contributed by atoms with Gasteiger partial charge in [0.2, 0.25) is 0 Å². The van der Waals surface area contributed by atoms with Crippen LogP contribution >= 0.6 is 0 Å². The number of rotatable bonds is 14.